The molecule has 1 aromatic carbocycles. The van der Waals surface area contributed by atoms with E-state index in [0.29, 0.717) is 6.61 Å². The lowest BCUT2D eigenvalue weighted by molar-refractivity contribution is 0.0689. The van der Waals surface area contributed by atoms with E-state index in [0.717, 1.165) is 0 Å². The molecule has 0 amide bonds. The maximum atomic E-state index is 10.9. The molecule has 0 atom stereocenters. The first-order valence-corrected chi connectivity index (χ1v) is 5.16. The first-order valence-electron chi connectivity index (χ1n) is 4.40. The summed E-state index contributed by atoms with van der Waals surface area (Å²) in [4.78, 5) is 10.9. The third-order valence-corrected chi connectivity index (χ3v) is 2.27. The average Bonchev–Trinajstić information content (AvgIpc) is 2.20. The summed E-state index contributed by atoms with van der Waals surface area (Å²) in [6.07, 6.45) is 0. The van der Waals surface area contributed by atoms with E-state index >= 15 is 0 Å². The number of hydrogen-bond donors (Lipinski definition) is 1. The molecule has 16 heavy (non-hydrogen) atoms. The molecule has 0 aliphatic heterocycles. The van der Waals surface area contributed by atoms with E-state index in [1.165, 1.54) is 19.2 Å². The molecule has 0 aliphatic carbocycles. The molecule has 1 rings (SSSR count). The van der Waals surface area contributed by atoms with Crippen LogP contribution in [0, 0.1) is 0 Å². The van der Waals surface area contributed by atoms with Crippen LogP contribution in [-0.4, -0.2) is 31.4 Å². The molecule has 4 nitrogen and oxygen atoms in total. The van der Waals surface area contributed by atoms with Crippen LogP contribution in [0.25, 0.3) is 0 Å². The predicted molar refractivity (Wildman–Crippen MR) is 60.8 cm³/mol. The second-order valence-corrected chi connectivity index (χ2v) is 3.75. The monoisotopic (exact) mass is 264 g/mol. The van der Waals surface area contributed by atoms with Crippen LogP contribution in [0.2, 0.25) is 10.0 Å². The number of carbonyl (C=O) groups is 1. The Bertz CT molecular complexity index is 393. The first-order chi connectivity index (χ1) is 7.56. The van der Waals surface area contributed by atoms with E-state index in [4.69, 9.17) is 37.8 Å². The summed E-state index contributed by atoms with van der Waals surface area (Å²) < 4.78 is 10.0. The van der Waals surface area contributed by atoms with E-state index in [1.54, 1.807) is 0 Å². The number of halogens is 2. The molecule has 1 aromatic rings. The van der Waals surface area contributed by atoms with Gasteiger partial charge in [0.15, 0.2) is 5.75 Å². The normalized spacial score (nSPS) is 10.2. The highest BCUT2D eigenvalue weighted by molar-refractivity contribution is 6.36. The maximum Gasteiger partial charge on any atom is 0.339 e. The lowest BCUT2D eigenvalue weighted by Crippen LogP contribution is -2.08. The van der Waals surface area contributed by atoms with Gasteiger partial charge in [-0.3, -0.25) is 0 Å². The summed E-state index contributed by atoms with van der Waals surface area (Å²) in [5.74, 6) is -1.03. The number of carboxylic acid groups (broad SMARTS) is 1. The minimum atomic E-state index is -1.14. The third-order valence-electron chi connectivity index (χ3n) is 1.77. The molecule has 0 bridgehead atoms. The van der Waals surface area contributed by atoms with Gasteiger partial charge in [0.25, 0.3) is 0 Å². The van der Waals surface area contributed by atoms with Crippen LogP contribution < -0.4 is 4.74 Å². The van der Waals surface area contributed by atoms with Gasteiger partial charge in [-0.15, -0.1) is 0 Å². The Morgan fingerprint density at radius 3 is 2.62 bits per heavy atom. The molecule has 1 N–H and O–H groups in total. The van der Waals surface area contributed by atoms with E-state index in [2.05, 4.69) is 0 Å². The minimum Gasteiger partial charge on any atom is -0.489 e. The van der Waals surface area contributed by atoms with Crippen LogP contribution in [0.3, 0.4) is 0 Å². The van der Waals surface area contributed by atoms with Gasteiger partial charge in [0.1, 0.15) is 12.2 Å². The largest absolute Gasteiger partial charge is 0.489 e. The van der Waals surface area contributed by atoms with Crippen molar-refractivity contribution in [1.29, 1.82) is 0 Å². The Hall–Kier alpha value is -0.970. The number of hydrogen-bond acceptors (Lipinski definition) is 3. The zero-order valence-corrected chi connectivity index (χ0v) is 10.0. The van der Waals surface area contributed by atoms with Gasteiger partial charge >= 0.3 is 5.97 Å². The van der Waals surface area contributed by atoms with Gasteiger partial charge < -0.3 is 14.6 Å². The fraction of sp³-hybridized carbons (Fsp3) is 0.300. The third kappa shape index (κ3) is 3.27. The zero-order chi connectivity index (χ0) is 12.1. The van der Waals surface area contributed by atoms with E-state index < -0.39 is 5.97 Å². The Kier molecular flexibility index (Phi) is 4.86. The summed E-state index contributed by atoms with van der Waals surface area (Å²) in [6.45, 7) is 0.566. The van der Waals surface area contributed by atoms with Gasteiger partial charge in [-0.2, -0.15) is 0 Å². The highest BCUT2D eigenvalue weighted by atomic mass is 35.5. The summed E-state index contributed by atoms with van der Waals surface area (Å²) >= 11 is 11.5. The molecule has 0 fully saturated rings. The van der Waals surface area contributed by atoms with Crippen LogP contribution in [0.15, 0.2) is 12.1 Å². The molecule has 0 aromatic heterocycles. The molecule has 0 saturated heterocycles. The molecule has 0 spiro atoms. The maximum absolute atomic E-state index is 10.9. The molecule has 0 heterocycles. The standard InChI is InChI=1S/C10H10Cl2O4/c1-15-2-3-16-9-7(10(13)14)4-6(11)5-8(9)12/h4-5H,2-3H2,1H3,(H,13,14). The Morgan fingerprint density at radius 2 is 2.06 bits per heavy atom. The SMILES string of the molecule is COCCOc1c(Cl)cc(Cl)cc1C(=O)O. The van der Waals surface area contributed by atoms with Crippen LogP contribution >= 0.6 is 23.2 Å². The lowest BCUT2D eigenvalue weighted by Gasteiger charge is -2.10. The Morgan fingerprint density at radius 1 is 1.38 bits per heavy atom. The summed E-state index contributed by atoms with van der Waals surface area (Å²) in [7, 11) is 1.52. The van der Waals surface area contributed by atoms with Crippen molar-refractivity contribution in [1.82, 2.24) is 0 Å². The van der Waals surface area contributed by atoms with Crippen molar-refractivity contribution < 1.29 is 19.4 Å². The van der Waals surface area contributed by atoms with E-state index in [1.807, 2.05) is 0 Å². The highest BCUT2D eigenvalue weighted by Crippen LogP contribution is 2.32. The van der Waals surface area contributed by atoms with Crippen molar-refractivity contribution in [3.63, 3.8) is 0 Å². The van der Waals surface area contributed by atoms with E-state index in [-0.39, 0.29) is 28.0 Å². The number of aromatic carboxylic acids is 1. The first kappa shape index (κ1) is 13.1. The molecule has 6 heteroatoms. The second kappa shape index (κ2) is 5.94. The van der Waals surface area contributed by atoms with Gasteiger partial charge in [-0.25, -0.2) is 4.79 Å². The van der Waals surface area contributed by atoms with Crippen molar-refractivity contribution >= 4 is 29.2 Å². The fourth-order valence-electron chi connectivity index (χ4n) is 1.09. The van der Waals surface area contributed by atoms with Gasteiger partial charge in [-0.1, -0.05) is 23.2 Å². The van der Waals surface area contributed by atoms with Gasteiger partial charge in [0.05, 0.1) is 11.6 Å². The van der Waals surface area contributed by atoms with Gasteiger partial charge in [0.2, 0.25) is 0 Å². The molecule has 0 saturated carbocycles. The Balaban J connectivity index is 2.99. The highest BCUT2D eigenvalue weighted by Gasteiger charge is 2.16. The number of rotatable bonds is 5. The molecule has 0 aliphatic rings. The molecular formula is C10H10Cl2O4. The molecular weight excluding hydrogens is 255 g/mol. The van der Waals surface area contributed by atoms with Crippen LogP contribution in [-0.2, 0) is 4.74 Å². The molecule has 0 radical (unpaired) electrons. The van der Waals surface area contributed by atoms with Gasteiger partial charge in [0, 0.05) is 12.1 Å². The van der Waals surface area contributed by atoms with Crippen molar-refractivity contribution in [2.75, 3.05) is 20.3 Å². The topological polar surface area (TPSA) is 55.8 Å². The van der Waals surface area contributed by atoms with Crippen LogP contribution in [0.1, 0.15) is 10.4 Å². The molecule has 88 valence electrons. The van der Waals surface area contributed by atoms with Crippen LogP contribution in [0.5, 0.6) is 5.75 Å². The second-order valence-electron chi connectivity index (χ2n) is 2.91. The average molecular weight is 265 g/mol. The molecule has 0 unspecified atom stereocenters. The number of ether oxygens (including phenoxy) is 2. The number of methoxy groups -OCH3 is 1. The predicted octanol–water partition coefficient (Wildman–Crippen LogP) is 2.72. The zero-order valence-electron chi connectivity index (χ0n) is 8.50. The summed E-state index contributed by atoms with van der Waals surface area (Å²) in [6, 6.07) is 2.72. The van der Waals surface area contributed by atoms with Gasteiger partial charge in [-0.05, 0) is 12.1 Å². The Labute approximate surface area is 103 Å². The van der Waals surface area contributed by atoms with E-state index in [9.17, 15) is 4.79 Å². The van der Waals surface area contributed by atoms with Crippen LogP contribution in [0.4, 0.5) is 0 Å². The van der Waals surface area contributed by atoms with Crippen molar-refractivity contribution in [2.45, 2.75) is 0 Å². The van der Waals surface area contributed by atoms with Crippen molar-refractivity contribution in [3.05, 3.63) is 27.7 Å². The van der Waals surface area contributed by atoms with Crippen molar-refractivity contribution in [3.8, 4) is 5.75 Å². The summed E-state index contributed by atoms with van der Waals surface area (Å²) in [5.41, 5.74) is -0.0615. The lowest BCUT2D eigenvalue weighted by atomic mass is 10.2. The fourth-order valence-corrected chi connectivity index (χ4v) is 1.64. The number of benzene rings is 1. The van der Waals surface area contributed by atoms with Crippen molar-refractivity contribution in [2.24, 2.45) is 0 Å². The summed E-state index contributed by atoms with van der Waals surface area (Å²) in [5, 5.41) is 9.36. The number of carboxylic acids is 1. The smallest absolute Gasteiger partial charge is 0.339 e. The quantitative estimate of drug-likeness (QED) is 0.831. The minimum absolute atomic E-state index is 0.0615.